The predicted molar refractivity (Wildman–Crippen MR) is 60.5 cm³/mol. The molecule has 1 fully saturated rings. The van der Waals surface area contributed by atoms with Crippen molar-refractivity contribution >= 4 is 6.29 Å². The van der Waals surface area contributed by atoms with Gasteiger partial charge in [-0.1, -0.05) is 0 Å². The fourth-order valence-electron chi connectivity index (χ4n) is 2.18. The van der Waals surface area contributed by atoms with Gasteiger partial charge in [0.2, 0.25) is 0 Å². The Bertz CT molecular complexity index is 365. The van der Waals surface area contributed by atoms with Crippen molar-refractivity contribution in [3.8, 4) is 0 Å². The summed E-state index contributed by atoms with van der Waals surface area (Å²) in [4.78, 5) is 11.0. The number of hydrogen-bond acceptors (Lipinski definition) is 3. The molecule has 4 nitrogen and oxygen atoms in total. The maximum Gasteiger partial charge on any atom is 0.153 e. The number of ether oxygens (including phenoxy) is 1. The fourth-order valence-corrected chi connectivity index (χ4v) is 2.18. The molecule has 16 heavy (non-hydrogen) atoms. The largest absolute Gasteiger partial charge is 0.372 e. The van der Waals surface area contributed by atoms with Crippen LogP contribution in [0.25, 0.3) is 0 Å². The average molecular weight is 222 g/mol. The van der Waals surface area contributed by atoms with Crippen LogP contribution in [0.2, 0.25) is 0 Å². The van der Waals surface area contributed by atoms with E-state index in [4.69, 9.17) is 4.74 Å². The zero-order chi connectivity index (χ0) is 11.5. The van der Waals surface area contributed by atoms with Gasteiger partial charge in [0.05, 0.1) is 23.6 Å². The third-order valence-electron chi connectivity index (χ3n) is 2.96. The first-order valence-electron chi connectivity index (χ1n) is 5.88. The first kappa shape index (κ1) is 11.3. The van der Waals surface area contributed by atoms with E-state index in [1.54, 1.807) is 6.20 Å². The van der Waals surface area contributed by atoms with Gasteiger partial charge in [-0.15, -0.1) is 0 Å². The maximum atomic E-state index is 11.0. The summed E-state index contributed by atoms with van der Waals surface area (Å²) in [5.41, 5.74) is 1.62. The van der Waals surface area contributed by atoms with Gasteiger partial charge in [-0.2, -0.15) is 5.10 Å². The van der Waals surface area contributed by atoms with Gasteiger partial charge >= 0.3 is 0 Å². The van der Waals surface area contributed by atoms with Crippen LogP contribution >= 0.6 is 0 Å². The number of carbonyl (C=O) groups is 1. The molecule has 1 atom stereocenters. The standard InChI is InChI=1S/C12H18N2O2/c1-9(2)14-12(10(8-15)7-13-14)11-5-3-4-6-16-11/h7-9,11H,3-6H2,1-2H3. The van der Waals surface area contributed by atoms with E-state index in [9.17, 15) is 4.79 Å². The van der Waals surface area contributed by atoms with E-state index >= 15 is 0 Å². The molecule has 4 heteroatoms. The van der Waals surface area contributed by atoms with Gasteiger partial charge in [0.1, 0.15) is 0 Å². The van der Waals surface area contributed by atoms with Crippen LogP contribution in [0.4, 0.5) is 0 Å². The van der Waals surface area contributed by atoms with Gasteiger partial charge in [-0.3, -0.25) is 9.48 Å². The molecule has 0 aromatic carbocycles. The van der Waals surface area contributed by atoms with E-state index in [1.165, 1.54) is 0 Å². The smallest absolute Gasteiger partial charge is 0.153 e. The minimum atomic E-state index is 0.0406. The van der Waals surface area contributed by atoms with Crippen LogP contribution in [-0.2, 0) is 4.74 Å². The number of carbonyl (C=O) groups excluding carboxylic acids is 1. The molecule has 0 spiro atoms. The summed E-state index contributed by atoms with van der Waals surface area (Å²) in [6.07, 6.45) is 5.81. The third kappa shape index (κ3) is 2.02. The highest BCUT2D eigenvalue weighted by molar-refractivity contribution is 5.76. The van der Waals surface area contributed by atoms with Crippen LogP contribution in [0.1, 0.15) is 61.3 Å². The van der Waals surface area contributed by atoms with E-state index in [0.717, 1.165) is 37.8 Å². The van der Waals surface area contributed by atoms with Crippen LogP contribution in [0.5, 0.6) is 0 Å². The first-order valence-corrected chi connectivity index (χ1v) is 5.88. The van der Waals surface area contributed by atoms with Crippen molar-refractivity contribution in [3.63, 3.8) is 0 Å². The Labute approximate surface area is 95.6 Å². The molecular weight excluding hydrogens is 204 g/mol. The topological polar surface area (TPSA) is 44.1 Å². The summed E-state index contributed by atoms with van der Waals surface area (Å²) in [5.74, 6) is 0. The number of aldehydes is 1. The van der Waals surface area contributed by atoms with Gasteiger partial charge < -0.3 is 4.74 Å². The van der Waals surface area contributed by atoms with Crippen molar-refractivity contribution in [3.05, 3.63) is 17.5 Å². The Kier molecular flexibility index (Phi) is 3.39. The maximum absolute atomic E-state index is 11.0. The van der Waals surface area contributed by atoms with Gasteiger partial charge in [0.15, 0.2) is 6.29 Å². The summed E-state index contributed by atoms with van der Waals surface area (Å²) in [7, 11) is 0. The highest BCUT2D eigenvalue weighted by Crippen LogP contribution is 2.30. The molecule has 1 saturated heterocycles. The number of hydrogen-bond donors (Lipinski definition) is 0. The summed E-state index contributed by atoms with van der Waals surface area (Å²) in [5, 5.41) is 4.27. The molecule has 1 aliphatic heterocycles. The summed E-state index contributed by atoms with van der Waals surface area (Å²) in [6, 6.07) is 0.259. The normalized spacial score (nSPS) is 21.3. The molecule has 0 amide bonds. The van der Waals surface area contributed by atoms with E-state index in [1.807, 2.05) is 4.68 Å². The molecule has 0 aliphatic carbocycles. The SMILES string of the molecule is CC(C)n1ncc(C=O)c1C1CCCCO1. The third-order valence-corrected chi connectivity index (χ3v) is 2.96. The van der Waals surface area contributed by atoms with E-state index in [2.05, 4.69) is 18.9 Å². The molecule has 2 rings (SSSR count). The minimum absolute atomic E-state index is 0.0406. The van der Waals surface area contributed by atoms with Gasteiger partial charge in [-0.25, -0.2) is 0 Å². The van der Waals surface area contributed by atoms with Gasteiger partial charge in [0, 0.05) is 12.6 Å². The molecule has 1 aromatic rings. The van der Waals surface area contributed by atoms with E-state index < -0.39 is 0 Å². The molecule has 0 N–H and O–H groups in total. The van der Waals surface area contributed by atoms with E-state index in [-0.39, 0.29) is 12.1 Å². The Balaban J connectivity index is 2.34. The molecule has 0 saturated carbocycles. The highest BCUT2D eigenvalue weighted by atomic mass is 16.5. The fraction of sp³-hybridized carbons (Fsp3) is 0.667. The minimum Gasteiger partial charge on any atom is -0.372 e. The lowest BCUT2D eigenvalue weighted by atomic mass is 10.0. The lowest BCUT2D eigenvalue weighted by molar-refractivity contribution is 0.00848. The monoisotopic (exact) mass is 222 g/mol. The van der Waals surface area contributed by atoms with Gasteiger partial charge in [0.25, 0.3) is 0 Å². The van der Waals surface area contributed by atoms with Crippen LogP contribution in [0, 0.1) is 0 Å². The second-order valence-corrected chi connectivity index (χ2v) is 4.50. The number of nitrogens with zero attached hydrogens (tertiary/aromatic N) is 2. The molecule has 0 radical (unpaired) electrons. The van der Waals surface area contributed by atoms with Crippen molar-refractivity contribution in [2.75, 3.05) is 6.61 Å². The number of rotatable bonds is 3. The van der Waals surface area contributed by atoms with Crippen molar-refractivity contribution < 1.29 is 9.53 Å². The molecule has 0 bridgehead atoms. The Morgan fingerprint density at radius 2 is 2.38 bits per heavy atom. The molecule has 1 aromatic heterocycles. The van der Waals surface area contributed by atoms with Crippen molar-refractivity contribution in [1.82, 2.24) is 9.78 Å². The zero-order valence-electron chi connectivity index (χ0n) is 9.85. The Morgan fingerprint density at radius 1 is 1.56 bits per heavy atom. The second-order valence-electron chi connectivity index (χ2n) is 4.50. The lowest BCUT2D eigenvalue weighted by Gasteiger charge is -2.25. The second kappa shape index (κ2) is 4.78. The van der Waals surface area contributed by atoms with E-state index in [0.29, 0.717) is 5.56 Å². The molecule has 2 heterocycles. The Hall–Kier alpha value is -1.16. The quantitative estimate of drug-likeness (QED) is 0.738. The molecule has 1 aliphatic rings. The van der Waals surface area contributed by atoms with Crippen LogP contribution in [0.3, 0.4) is 0 Å². The highest BCUT2D eigenvalue weighted by Gasteiger charge is 2.24. The predicted octanol–water partition coefficient (Wildman–Crippen LogP) is 2.52. The summed E-state index contributed by atoms with van der Waals surface area (Å²) >= 11 is 0. The summed E-state index contributed by atoms with van der Waals surface area (Å²) in [6.45, 7) is 4.91. The average Bonchev–Trinajstić information content (AvgIpc) is 2.73. The van der Waals surface area contributed by atoms with Crippen LogP contribution in [-0.4, -0.2) is 22.7 Å². The van der Waals surface area contributed by atoms with Crippen molar-refractivity contribution in [2.45, 2.75) is 45.3 Å². The van der Waals surface area contributed by atoms with Gasteiger partial charge in [-0.05, 0) is 33.1 Å². The molecule has 88 valence electrons. The molecule has 1 unspecified atom stereocenters. The first-order chi connectivity index (χ1) is 7.74. The zero-order valence-corrected chi connectivity index (χ0v) is 9.85. The Morgan fingerprint density at radius 3 is 2.94 bits per heavy atom. The summed E-state index contributed by atoms with van der Waals surface area (Å²) < 4.78 is 7.64. The number of aromatic nitrogens is 2. The molecular formula is C12H18N2O2. The van der Waals surface area contributed by atoms with Crippen LogP contribution in [0.15, 0.2) is 6.20 Å². The van der Waals surface area contributed by atoms with Crippen molar-refractivity contribution in [2.24, 2.45) is 0 Å². The lowest BCUT2D eigenvalue weighted by Crippen LogP contribution is -2.18. The van der Waals surface area contributed by atoms with Crippen molar-refractivity contribution in [1.29, 1.82) is 0 Å². The van der Waals surface area contributed by atoms with Crippen LogP contribution < -0.4 is 0 Å².